The minimum atomic E-state index is 0.647. The molecule has 10 rings (SSSR count). The Bertz CT molecular complexity index is 3170. The number of aliphatic imine (C=N–C) groups is 2. The van der Waals surface area contributed by atoms with E-state index in [0.29, 0.717) is 5.84 Å². The molecule has 5 nitrogen and oxygen atoms in total. The monoisotopic (exact) mass is 734 g/mol. The van der Waals surface area contributed by atoms with Crippen molar-refractivity contribution in [3.63, 3.8) is 0 Å². The molecule has 2 aromatic heterocycles. The SMILES string of the molecule is C\C=C/C=c1/oc2c(-c3ccc4c(c3)c3ccccc3n4-c3ccccc3)cc(-c3ccccc3)cc2/c1=C1\N=C(c2ccccc2)N=C(c2ccccc2)N1C. The second kappa shape index (κ2) is 14.3. The number of rotatable bonds is 6. The van der Waals surface area contributed by atoms with Crippen LogP contribution in [0.15, 0.2) is 202 Å². The fraction of sp³-hybridized carbons (Fsp3) is 0.0385. The van der Waals surface area contributed by atoms with Crippen LogP contribution in [-0.2, 0) is 0 Å². The van der Waals surface area contributed by atoms with Gasteiger partial charge >= 0.3 is 0 Å². The van der Waals surface area contributed by atoms with Crippen molar-refractivity contribution >= 4 is 56.3 Å². The average molecular weight is 735 g/mol. The zero-order valence-electron chi connectivity index (χ0n) is 31.7. The highest BCUT2D eigenvalue weighted by atomic mass is 16.3. The molecule has 0 saturated carbocycles. The number of benzene rings is 7. The van der Waals surface area contributed by atoms with Crippen molar-refractivity contribution in [2.24, 2.45) is 9.98 Å². The number of hydrogen-bond donors (Lipinski definition) is 0. The first-order valence-corrected chi connectivity index (χ1v) is 19.3. The number of nitrogens with zero attached hydrogens (tertiary/aromatic N) is 4. The highest BCUT2D eigenvalue weighted by Crippen LogP contribution is 2.38. The molecule has 9 aromatic rings. The predicted octanol–water partition coefficient (Wildman–Crippen LogP) is 11.1. The molecule has 0 bridgehead atoms. The van der Waals surface area contributed by atoms with Gasteiger partial charge in [-0.05, 0) is 72.2 Å². The Labute approximate surface area is 330 Å². The Morgan fingerprint density at radius 1 is 0.526 bits per heavy atom. The van der Waals surface area contributed by atoms with Crippen molar-refractivity contribution in [3.8, 4) is 27.9 Å². The molecule has 0 fully saturated rings. The number of para-hydroxylation sites is 2. The summed E-state index contributed by atoms with van der Waals surface area (Å²) in [6.45, 7) is 2.02. The third-order valence-corrected chi connectivity index (χ3v) is 10.7. The van der Waals surface area contributed by atoms with Crippen LogP contribution in [0.5, 0.6) is 0 Å². The summed E-state index contributed by atoms with van der Waals surface area (Å²) in [6, 6.07) is 61.6. The van der Waals surface area contributed by atoms with E-state index in [1.54, 1.807) is 0 Å². The van der Waals surface area contributed by atoms with E-state index in [1.807, 2.05) is 68.6 Å². The molecule has 0 N–H and O–H groups in total. The lowest BCUT2D eigenvalue weighted by molar-refractivity contribution is 0.573. The number of allylic oxidation sites excluding steroid dienone is 2. The van der Waals surface area contributed by atoms with Crippen molar-refractivity contribution in [1.82, 2.24) is 9.47 Å². The maximum absolute atomic E-state index is 7.07. The quantitative estimate of drug-likeness (QED) is 0.171. The second-order valence-corrected chi connectivity index (χ2v) is 14.2. The molecule has 3 heterocycles. The van der Waals surface area contributed by atoms with Gasteiger partial charge in [-0.3, -0.25) is 0 Å². The first-order chi connectivity index (χ1) is 28.2. The highest BCUT2D eigenvalue weighted by Gasteiger charge is 2.25. The first-order valence-electron chi connectivity index (χ1n) is 19.3. The van der Waals surface area contributed by atoms with E-state index in [4.69, 9.17) is 14.4 Å². The van der Waals surface area contributed by atoms with Gasteiger partial charge < -0.3 is 13.9 Å². The van der Waals surface area contributed by atoms with Gasteiger partial charge in [-0.1, -0.05) is 146 Å². The van der Waals surface area contributed by atoms with E-state index in [9.17, 15) is 0 Å². The molecule has 0 unspecified atom stereocenters. The number of hydrogen-bond acceptors (Lipinski definition) is 4. The van der Waals surface area contributed by atoms with Crippen molar-refractivity contribution < 1.29 is 4.42 Å². The third-order valence-electron chi connectivity index (χ3n) is 10.7. The predicted molar refractivity (Wildman–Crippen MR) is 237 cm³/mol. The molecule has 57 heavy (non-hydrogen) atoms. The lowest BCUT2D eigenvalue weighted by atomic mass is 9.95. The molecule has 1 aliphatic rings. The van der Waals surface area contributed by atoms with Crippen LogP contribution in [0.4, 0.5) is 0 Å². The van der Waals surface area contributed by atoms with E-state index in [1.165, 1.54) is 16.3 Å². The summed E-state index contributed by atoms with van der Waals surface area (Å²) in [4.78, 5) is 12.6. The van der Waals surface area contributed by atoms with Gasteiger partial charge in [0.05, 0.1) is 16.3 Å². The average Bonchev–Trinajstić information content (AvgIpc) is 3.81. The van der Waals surface area contributed by atoms with Crippen molar-refractivity contribution in [2.75, 3.05) is 7.05 Å². The van der Waals surface area contributed by atoms with Crippen LogP contribution in [0.25, 0.3) is 72.6 Å². The molecule has 0 aliphatic carbocycles. The van der Waals surface area contributed by atoms with Crippen molar-refractivity contribution in [3.05, 3.63) is 210 Å². The molecule has 272 valence electrons. The Hall–Kier alpha value is -7.50. The first kappa shape index (κ1) is 34.0. The smallest absolute Gasteiger partial charge is 0.163 e. The van der Waals surface area contributed by atoms with Crippen LogP contribution in [0, 0.1) is 0 Å². The summed E-state index contributed by atoms with van der Waals surface area (Å²) in [6.07, 6.45) is 6.10. The van der Waals surface area contributed by atoms with Gasteiger partial charge in [0.15, 0.2) is 5.84 Å². The largest absolute Gasteiger partial charge is 0.455 e. The topological polar surface area (TPSA) is 46.0 Å². The summed E-state index contributed by atoms with van der Waals surface area (Å²) in [5.41, 5.74) is 11.2. The van der Waals surface area contributed by atoms with Gasteiger partial charge in [-0.25, -0.2) is 9.98 Å². The van der Waals surface area contributed by atoms with Crippen LogP contribution in [0.1, 0.15) is 18.1 Å². The Balaban J connectivity index is 1.30. The third kappa shape index (κ3) is 5.97. The molecule has 0 spiro atoms. The number of amidine groups is 2. The van der Waals surface area contributed by atoms with Crippen molar-refractivity contribution in [1.29, 1.82) is 0 Å². The van der Waals surface area contributed by atoms with E-state index >= 15 is 0 Å². The zero-order chi connectivity index (χ0) is 38.3. The highest BCUT2D eigenvalue weighted by molar-refractivity contribution is 6.17. The normalized spacial score (nSPS) is 14.6. The standard InChI is InChI=1S/C52H38N4O/c1-3-4-29-47-48(52-54-50(36-21-11-6-12-22-36)53-51(55(52)2)37-23-13-7-14-24-37)44-34-39(35-19-9-5-10-20-35)33-42(49(44)57-47)38-30-31-46-43(32-38)41-27-17-18-28-45(41)56(46)40-25-15-8-16-26-40/h3-34H,1-2H3/b4-3-,47-29+,52-48-. The van der Waals surface area contributed by atoms with Gasteiger partial charge in [0.1, 0.15) is 22.7 Å². The van der Waals surface area contributed by atoms with E-state index in [2.05, 4.69) is 149 Å². The lowest BCUT2D eigenvalue weighted by Crippen LogP contribution is -2.37. The minimum Gasteiger partial charge on any atom is -0.455 e. The molecule has 5 heteroatoms. The molecular formula is C52H38N4O. The number of furan rings is 1. The fourth-order valence-electron chi connectivity index (χ4n) is 8.02. The molecule has 0 saturated heterocycles. The molecule has 7 aromatic carbocycles. The van der Waals surface area contributed by atoms with Gasteiger partial charge in [0.25, 0.3) is 0 Å². The molecule has 0 atom stereocenters. The van der Waals surface area contributed by atoms with Crippen molar-refractivity contribution in [2.45, 2.75) is 6.92 Å². The van der Waals surface area contributed by atoms with Gasteiger partial charge in [-0.2, -0.15) is 0 Å². The summed E-state index contributed by atoms with van der Waals surface area (Å²) in [5.74, 6) is 2.22. The maximum atomic E-state index is 7.07. The van der Waals surface area contributed by atoms with Crippen LogP contribution >= 0.6 is 0 Å². The Morgan fingerprint density at radius 3 is 1.86 bits per heavy atom. The van der Waals surface area contributed by atoms with E-state index < -0.39 is 0 Å². The summed E-state index contributed by atoms with van der Waals surface area (Å²) >= 11 is 0. The van der Waals surface area contributed by atoms with Crippen LogP contribution < -0.4 is 10.6 Å². The van der Waals surface area contributed by atoms with Crippen LogP contribution in [-0.4, -0.2) is 28.2 Å². The second-order valence-electron chi connectivity index (χ2n) is 14.2. The van der Waals surface area contributed by atoms with Gasteiger partial charge in [0, 0.05) is 45.6 Å². The maximum Gasteiger partial charge on any atom is 0.163 e. The molecule has 1 aliphatic heterocycles. The summed E-state index contributed by atoms with van der Waals surface area (Å²) in [7, 11) is 2.04. The molecule has 0 amide bonds. The summed E-state index contributed by atoms with van der Waals surface area (Å²) in [5, 5.41) is 4.26. The van der Waals surface area contributed by atoms with Crippen LogP contribution in [0.2, 0.25) is 0 Å². The molecule has 0 radical (unpaired) electrons. The van der Waals surface area contributed by atoms with E-state index in [-0.39, 0.29) is 0 Å². The number of aromatic nitrogens is 1. The van der Waals surface area contributed by atoms with E-state index in [0.717, 1.165) is 77.8 Å². The Kier molecular flexibility index (Phi) is 8.53. The Morgan fingerprint density at radius 2 is 1.14 bits per heavy atom. The zero-order valence-corrected chi connectivity index (χ0v) is 31.7. The van der Waals surface area contributed by atoms with Gasteiger partial charge in [-0.15, -0.1) is 0 Å². The minimum absolute atomic E-state index is 0.647. The fourth-order valence-corrected chi connectivity index (χ4v) is 8.02. The van der Waals surface area contributed by atoms with Crippen LogP contribution in [0.3, 0.4) is 0 Å². The molecular weight excluding hydrogens is 697 g/mol. The lowest BCUT2D eigenvalue weighted by Gasteiger charge is -2.26. The summed E-state index contributed by atoms with van der Waals surface area (Å²) < 4.78 is 9.42. The van der Waals surface area contributed by atoms with Gasteiger partial charge in [0.2, 0.25) is 0 Å². The number of fused-ring (bicyclic) bond motifs is 4.